The number of rotatable bonds is 9. The number of amides is 3. The van der Waals surface area contributed by atoms with Gasteiger partial charge in [0.2, 0.25) is 0 Å². The van der Waals surface area contributed by atoms with Crippen LogP contribution in [0.3, 0.4) is 0 Å². The zero-order valence-corrected chi connectivity index (χ0v) is 18.8. The van der Waals surface area contributed by atoms with E-state index in [-0.39, 0.29) is 23.9 Å². The van der Waals surface area contributed by atoms with Crippen LogP contribution in [0, 0.1) is 0 Å². The molecular formula is C26H27N3O4. The molecule has 0 fully saturated rings. The van der Waals surface area contributed by atoms with Crippen LogP contribution in [0.4, 0.5) is 0 Å². The molecule has 0 saturated carbocycles. The van der Waals surface area contributed by atoms with Gasteiger partial charge in [-0.2, -0.15) is 0 Å². The summed E-state index contributed by atoms with van der Waals surface area (Å²) in [5, 5.41) is 2.95. The summed E-state index contributed by atoms with van der Waals surface area (Å²) in [4.78, 5) is 41.8. The van der Waals surface area contributed by atoms with E-state index in [0.717, 1.165) is 30.1 Å². The van der Waals surface area contributed by atoms with Crippen molar-refractivity contribution < 1.29 is 18.8 Å². The highest BCUT2D eigenvalue weighted by atomic mass is 16.3. The van der Waals surface area contributed by atoms with Crippen molar-refractivity contribution in [3.8, 4) is 0 Å². The van der Waals surface area contributed by atoms with E-state index < -0.39 is 5.91 Å². The van der Waals surface area contributed by atoms with Gasteiger partial charge in [0.25, 0.3) is 17.7 Å². The van der Waals surface area contributed by atoms with Crippen molar-refractivity contribution in [2.45, 2.75) is 33.5 Å². The molecular weight excluding hydrogens is 418 g/mol. The molecule has 7 heteroatoms. The Labute approximate surface area is 193 Å². The fraction of sp³-hybridized carbons (Fsp3) is 0.269. The van der Waals surface area contributed by atoms with E-state index in [4.69, 9.17) is 4.42 Å². The number of nitrogens with zero attached hydrogens (tertiary/aromatic N) is 2. The number of nitrogens with one attached hydrogen (secondary N) is 1. The smallest absolute Gasteiger partial charge is 0.261 e. The Morgan fingerprint density at radius 1 is 0.939 bits per heavy atom. The van der Waals surface area contributed by atoms with Crippen molar-refractivity contribution >= 4 is 17.7 Å². The third-order valence-electron chi connectivity index (χ3n) is 5.97. The van der Waals surface area contributed by atoms with Gasteiger partial charge in [0, 0.05) is 18.7 Å². The van der Waals surface area contributed by atoms with Crippen LogP contribution in [-0.2, 0) is 19.6 Å². The van der Waals surface area contributed by atoms with Crippen LogP contribution in [0.2, 0.25) is 0 Å². The van der Waals surface area contributed by atoms with E-state index in [1.807, 2.05) is 18.2 Å². The van der Waals surface area contributed by atoms with E-state index >= 15 is 0 Å². The molecule has 2 aromatic carbocycles. The van der Waals surface area contributed by atoms with Crippen LogP contribution in [0.15, 0.2) is 65.3 Å². The summed E-state index contributed by atoms with van der Waals surface area (Å²) in [6.45, 7) is 7.42. The highest BCUT2D eigenvalue weighted by molar-refractivity contribution is 6.22. The molecule has 7 nitrogen and oxygen atoms in total. The second kappa shape index (κ2) is 9.83. The molecule has 0 saturated heterocycles. The van der Waals surface area contributed by atoms with Gasteiger partial charge in [0.05, 0.1) is 23.9 Å². The minimum Gasteiger partial charge on any atom is -0.467 e. The summed E-state index contributed by atoms with van der Waals surface area (Å²) in [5.41, 5.74) is 3.10. The van der Waals surface area contributed by atoms with E-state index in [0.29, 0.717) is 23.4 Å². The van der Waals surface area contributed by atoms with Crippen LogP contribution < -0.4 is 5.32 Å². The van der Waals surface area contributed by atoms with Crippen LogP contribution in [0.1, 0.15) is 61.8 Å². The largest absolute Gasteiger partial charge is 0.467 e. The lowest BCUT2D eigenvalue weighted by atomic mass is 10.0. The second-order valence-electron chi connectivity index (χ2n) is 7.95. The van der Waals surface area contributed by atoms with Gasteiger partial charge in [0.1, 0.15) is 5.76 Å². The maximum absolute atomic E-state index is 12.8. The number of hydrogen-bond donors (Lipinski definition) is 1. The zero-order valence-electron chi connectivity index (χ0n) is 18.8. The first-order chi connectivity index (χ1) is 16.0. The fourth-order valence-electron chi connectivity index (χ4n) is 3.98. The van der Waals surface area contributed by atoms with E-state index in [1.165, 1.54) is 17.9 Å². The third kappa shape index (κ3) is 4.73. The summed E-state index contributed by atoms with van der Waals surface area (Å²) in [5.74, 6) is -0.583. The van der Waals surface area contributed by atoms with Crippen molar-refractivity contribution in [3.63, 3.8) is 0 Å². The van der Waals surface area contributed by atoms with Crippen molar-refractivity contribution in [2.24, 2.45) is 0 Å². The Hall–Kier alpha value is -3.71. The summed E-state index contributed by atoms with van der Waals surface area (Å²) in [7, 11) is 0. The lowest BCUT2D eigenvalue weighted by Crippen LogP contribution is -2.28. The van der Waals surface area contributed by atoms with Gasteiger partial charge >= 0.3 is 0 Å². The molecule has 2 heterocycles. The van der Waals surface area contributed by atoms with Gasteiger partial charge in [-0.15, -0.1) is 0 Å². The molecule has 0 bridgehead atoms. The number of imide groups is 1. The molecule has 0 atom stereocenters. The van der Waals surface area contributed by atoms with Crippen molar-refractivity contribution in [1.29, 1.82) is 0 Å². The monoisotopic (exact) mass is 445 g/mol. The van der Waals surface area contributed by atoms with Gasteiger partial charge in [-0.1, -0.05) is 38.1 Å². The average molecular weight is 446 g/mol. The fourth-order valence-corrected chi connectivity index (χ4v) is 3.98. The maximum Gasteiger partial charge on any atom is 0.261 e. The zero-order chi connectivity index (χ0) is 23.4. The van der Waals surface area contributed by atoms with Gasteiger partial charge in [0.15, 0.2) is 0 Å². The predicted molar refractivity (Wildman–Crippen MR) is 124 cm³/mol. The Kier molecular flexibility index (Phi) is 6.70. The van der Waals surface area contributed by atoms with Crippen molar-refractivity contribution in [3.05, 3.63) is 94.4 Å². The SMILES string of the molecule is CCN(CC)Cc1ccccc1CNC(=O)c1ccc2c(c1)C(=O)N(Cc1ccco1)C2=O. The Balaban J connectivity index is 1.46. The summed E-state index contributed by atoms with van der Waals surface area (Å²) < 4.78 is 5.26. The number of furan rings is 1. The van der Waals surface area contributed by atoms with Gasteiger partial charge in [-0.25, -0.2) is 0 Å². The quantitative estimate of drug-likeness (QED) is 0.506. The van der Waals surface area contributed by atoms with Crippen molar-refractivity contribution in [2.75, 3.05) is 13.1 Å². The van der Waals surface area contributed by atoms with Crippen LogP contribution in [0.5, 0.6) is 0 Å². The number of benzene rings is 2. The van der Waals surface area contributed by atoms with Crippen molar-refractivity contribution in [1.82, 2.24) is 15.1 Å². The van der Waals surface area contributed by atoms with Gasteiger partial charge in [-0.3, -0.25) is 24.2 Å². The topological polar surface area (TPSA) is 82.9 Å². The maximum atomic E-state index is 12.8. The molecule has 0 radical (unpaired) electrons. The summed E-state index contributed by atoms with van der Waals surface area (Å²) >= 11 is 0. The molecule has 1 aliphatic rings. The van der Waals surface area contributed by atoms with Crippen LogP contribution >= 0.6 is 0 Å². The molecule has 33 heavy (non-hydrogen) atoms. The molecule has 0 aliphatic carbocycles. The first kappa shape index (κ1) is 22.5. The molecule has 170 valence electrons. The lowest BCUT2D eigenvalue weighted by Gasteiger charge is -2.20. The Morgan fingerprint density at radius 3 is 2.36 bits per heavy atom. The minimum atomic E-state index is -0.425. The predicted octanol–water partition coefficient (Wildman–Crippen LogP) is 3.85. The molecule has 3 amide bonds. The minimum absolute atomic E-state index is 0.0597. The highest BCUT2D eigenvalue weighted by Crippen LogP contribution is 2.26. The highest BCUT2D eigenvalue weighted by Gasteiger charge is 2.36. The molecule has 1 N–H and O–H groups in total. The van der Waals surface area contributed by atoms with Gasteiger partial charge in [-0.05, 0) is 54.5 Å². The first-order valence-electron chi connectivity index (χ1n) is 11.1. The Bertz CT molecular complexity index is 1170. The third-order valence-corrected chi connectivity index (χ3v) is 5.97. The Morgan fingerprint density at radius 2 is 1.67 bits per heavy atom. The number of fused-ring (bicyclic) bond motifs is 1. The molecule has 4 rings (SSSR count). The van der Waals surface area contributed by atoms with Gasteiger partial charge < -0.3 is 9.73 Å². The molecule has 0 spiro atoms. The van der Waals surface area contributed by atoms with E-state index in [1.54, 1.807) is 24.3 Å². The standard InChI is InChI=1S/C26H27N3O4/c1-3-28(4-2)16-20-9-6-5-8-19(20)15-27-24(30)18-11-12-22-23(14-18)26(32)29(25(22)31)17-21-10-7-13-33-21/h5-14H,3-4,15-17H2,1-2H3,(H,27,30). The van der Waals surface area contributed by atoms with Crippen LogP contribution in [-0.4, -0.2) is 40.6 Å². The number of carbonyl (C=O) groups excluding carboxylic acids is 3. The molecule has 0 unspecified atom stereocenters. The normalized spacial score (nSPS) is 13.0. The number of hydrogen-bond acceptors (Lipinski definition) is 5. The lowest BCUT2D eigenvalue weighted by molar-refractivity contribution is 0.0631. The average Bonchev–Trinajstić information content (AvgIpc) is 3.44. The van der Waals surface area contributed by atoms with E-state index in [2.05, 4.69) is 30.1 Å². The summed E-state index contributed by atoms with van der Waals surface area (Å²) in [6, 6.07) is 16.1. The first-order valence-corrected chi connectivity index (χ1v) is 11.1. The second-order valence-corrected chi connectivity index (χ2v) is 7.95. The summed E-state index contributed by atoms with van der Waals surface area (Å²) in [6.07, 6.45) is 1.50. The van der Waals surface area contributed by atoms with Crippen LogP contribution in [0.25, 0.3) is 0 Å². The number of carbonyl (C=O) groups is 3. The molecule has 1 aliphatic heterocycles. The molecule has 1 aromatic heterocycles. The van der Waals surface area contributed by atoms with E-state index in [9.17, 15) is 14.4 Å². The molecule has 3 aromatic rings.